The third-order valence-electron chi connectivity index (χ3n) is 1.82. The van der Waals surface area contributed by atoms with Gasteiger partial charge in [-0.2, -0.15) is 0 Å². The third kappa shape index (κ3) is 1.64. The molecule has 0 bridgehead atoms. The van der Waals surface area contributed by atoms with E-state index in [0.29, 0.717) is 11.7 Å². The van der Waals surface area contributed by atoms with Crippen molar-refractivity contribution in [2.45, 2.75) is 6.92 Å². The van der Waals surface area contributed by atoms with Gasteiger partial charge in [0.05, 0.1) is 0 Å². The van der Waals surface area contributed by atoms with Crippen LogP contribution in [-0.2, 0) is 4.79 Å². The van der Waals surface area contributed by atoms with Gasteiger partial charge in [-0.25, -0.2) is 0 Å². The van der Waals surface area contributed by atoms with Crippen LogP contribution in [0.3, 0.4) is 0 Å². The second-order valence-corrected chi connectivity index (χ2v) is 3.05. The predicted molar refractivity (Wildman–Crippen MR) is 51.8 cm³/mol. The van der Waals surface area contributed by atoms with Gasteiger partial charge >= 0.3 is 0 Å². The van der Waals surface area contributed by atoms with Gasteiger partial charge in [-0.1, -0.05) is 6.08 Å². The minimum Gasteiger partial charge on any atom is -0.343 e. The van der Waals surface area contributed by atoms with E-state index < -0.39 is 0 Å². The molecule has 66 valence electrons. The highest BCUT2D eigenvalue weighted by Gasteiger charge is 2.26. The van der Waals surface area contributed by atoms with Crippen molar-refractivity contribution in [1.29, 1.82) is 0 Å². The Hall–Kier alpha value is -0.900. The van der Waals surface area contributed by atoms with Gasteiger partial charge < -0.3 is 4.90 Å². The lowest BCUT2D eigenvalue weighted by Gasteiger charge is -2.17. The molecule has 0 aromatic carbocycles. The van der Waals surface area contributed by atoms with Crippen LogP contribution in [0.2, 0.25) is 0 Å². The minimum atomic E-state index is 0.0200. The summed E-state index contributed by atoms with van der Waals surface area (Å²) in [5, 5.41) is 0.627. The SMILES string of the molecule is C=CCN1CCN(C(C)=O)C1=S. The monoisotopic (exact) mass is 184 g/mol. The standard InChI is InChI=1S/C8H12N2OS/c1-3-4-9-5-6-10(7(2)11)8(9)12/h3H,1,4-6H2,2H3. The lowest BCUT2D eigenvalue weighted by Crippen LogP contribution is -2.34. The lowest BCUT2D eigenvalue weighted by atomic mass is 10.5. The topological polar surface area (TPSA) is 23.6 Å². The molecule has 4 heteroatoms. The fraction of sp³-hybridized carbons (Fsp3) is 0.500. The zero-order valence-corrected chi connectivity index (χ0v) is 7.93. The molecule has 12 heavy (non-hydrogen) atoms. The first-order chi connectivity index (χ1) is 5.66. The zero-order chi connectivity index (χ0) is 9.14. The fourth-order valence-corrected chi connectivity index (χ4v) is 1.59. The Morgan fingerprint density at radius 2 is 2.42 bits per heavy atom. The molecule has 0 aromatic rings. The summed E-state index contributed by atoms with van der Waals surface area (Å²) in [7, 11) is 0. The van der Waals surface area contributed by atoms with E-state index in [4.69, 9.17) is 12.2 Å². The first-order valence-electron chi connectivity index (χ1n) is 3.84. The number of nitrogens with zero attached hydrogens (tertiary/aromatic N) is 2. The fourth-order valence-electron chi connectivity index (χ4n) is 1.20. The van der Waals surface area contributed by atoms with Gasteiger partial charge in [0.2, 0.25) is 5.91 Å². The lowest BCUT2D eigenvalue weighted by molar-refractivity contribution is -0.124. The molecule has 0 aliphatic carbocycles. The van der Waals surface area contributed by atoms with Crippen molar-refractivity contribution in [1.82, 2.24) is 9.80 Å². The van der Waals surface area contributed by atoms with Crippen LogP contribution in [0, 0.1) is 0 Å². The molecule has 0 saturated carbocycles. The number of hydrogen-bond acceptors (Lipinski definition) is 2. The zero-order valence-electron chi connectivity index (χ0n) is 7.12. The Balaban J connectivity index is 2.60. The Labute approximate surface area is 77.6 Å². The molecule has 1 aliphatic heterocycles. The van der Waals surface area contributed by atoms with Gasteiger partial charge in [0.25, 0.3) is 0 Å². The highest BCUT2D eigenvalue weighted by Crippen LogP contribution is 2.08. The van der Waals surface area contributed by atoms with Crippen molar-refractivity contribution < 1.29 is 4.79 Å². The van der Waals surface area contributed by atoms with Crippen molar-refractivity contribution in [3.8, 4) is 0 Å². The molecule has 1 fully saturated rings. The maximum absolute atomic E-state index is 11.0. The average Bonchev–Trinajstić information content (AvgIpc) is 2.34. The van der Waals surface area contributed by atoms with E-state index in [2.05, 4.69) is 6.58 Å². The van der Waals surface area contributed by atoms with E-state index in [9.17, 15) is 4.79 Å². The summed E-state index contributed by atoms with van der Waals surface area (Å²) in [5.74, 6) is 0.0200. The Bertz CT molecular complexity index is 227. The quantitative estimate of drug-likeness (QED) is 0.464. The van der Waals surface area contributed by atoms with Gasteiger partial charge in [0.15, 0.2) is 5.11 Å². The number of rotatable bonds is 2. The first kappa shape index (κ1) is 9.19. The van der Waals surface area contributed by atoms with Crippen LogP contribution >= 0.6 is 12.2 Å². The van der Waals surface area contributed by atoms with Gasteiger partial charge in [-0.3, -0.25) is 9.69 Å². The second kappa shape index (κ2) is 3.67. The Kier molecular flexibility index (Phi) is 2.81. The molecule has 1 saturated heterocycles. The summed E-state index contributed by atoms with van der Waals surface area (Å²) in [6, 6.07) is 0. The van der Waals surface area contributed by atoms with Crippen molar-refractivity contribution in [3.63, 3.8) is 0 Å². The van der Waals surface area contributed by atoms with Crippen molar-refractivity contribution in [2.75, 3.05) is 19.6 Å². The van der Waals surface area contributed by atoms with Gasteiger partial charge in [0.1, 0.15) is 0 Å². The van der Waals surface area contributed by atoms with Crippen LogP contribution in [0.15, 0.2) is 12.7 Å². The first-order valence-corrected chi connectivity index (χ1v) is 4.25. The van der Waals surface area contributed by atoms with E-state index in [1.165, 1.54) is 6.92 Å². The molecule has 3 nitrogen and oxygen atoms in total. The largest absolute Gasteiger partial charge is 0.343 e. The normalized spacial score (nSPS) is 16.9. The summed E-state index contributed by atoms with van der Waals surface area (Å²) in [6.45, 7) is 7.41. The van der Waals surface area contributed by atoms with E-state index in [1.54, 1.807) is 11.0 Å². The maximum atomic E-state index is 11.0. The van der Waals surface area contributed by atoms with E-state index in [-0.39, 0.29) is 5.91 Å². The number of thiocarbonyl (C=S) groups is 1. The minimum absolute atomic E-state index is 0.0200. The number of hydrogen-bond donors (Lipinski definition) is 0. The van der Waals surface area contributed by atoms with Crippen LogP contribution in [0.25, 0.3) is 0 Å². The summed E-state index contributed by atoms with van der Waals surface area (Å²) < 4.78 is 0. The highest BCUT2D eigenvalue weighted by atomic mass is 32.1. The summed E-state index contributed by atoms with van der Waals surface area (Å²) in [6.07, 6.45) is 1.79. The van der Waals surface area contributed by atoms with Gasteiger partial charge in [-0.15, -0.1) is 6.58 Å². The summed E-state index contributed by atoms with van der Waals surface area (Å²) in [5.41, 5.74) is 0. The van der Waals surface area contributed by atoms with Crippen LogP contribution in [-0.4, -0.2) is 40.5 Å². The van der Waals surface area contributed by atoms with Gasteiger partial charge in [0, 0.05) is 26.6 Å². The molecule has 1 rings (SSSR count). The van der Waals surface area contributed by atoms with Crippen LogP contribution in [0.4, 0.5) is 0 Å². The molecule has 0 atom stereocenters. The third-order valence-corrected chi connectivity index (χ3v) is 2.30. The number of carbonyl (C=O) groups excluding carboxylic acids is 1. The molecule has 0 aromatic heterocycles. The van der Waals surface area contributed by atoms with E-state index in [1.807, 2.05) is 4.90 Å². The molecule has 1 aliphatic rings. The van der Waals surface area contributed by atoms with Crippen LogP contribution in [0.1, 0.15) is 6.92 Å². The average molecular weight is 184 g/mol. The molecular formula is C8H12N2OS. The van der Waals surface area contributed by atoms with Crippen LogP contribution < -0.4 is 0 Å². The smallest absolute Gasteiger partial charge is 0.225 e. The summed E-state index contributed by atoms with van der Waals surface area (Å²) in [4.78, 5) is 14.6. The molecule has 1 heterocycles. The second-order valence-electron chi connectivity index (χ2n) is 2.69. The molecule has 0 spiro atoms. The van der Waals surface area contributed by atoms with Gasteiger partial charge in [-0.05, 0) is 12.2 Å². The molecule has 0 unspecified atom stereocenters. The predicted octanol–water partition coefficient (Wildman–Crippen LogP) is 0.621. The number of carbonyl (C=O) groups is 1. The van der Waals surface area contributed by atoms with Crippen LogP contribution in [0.5, 0.6) is 0 Å². The number of amides is 1. The van der Waals surface area contributed by atoms with E-state index >= 15 is 0 Å². The highest BCUT2D eigenvalue weighted by molar-refractivity contribution is 7.80. The van der Waals surface area contributed by atoms with Crippen molar-refractivity contribution >= 4 is 23.2 Å². The molecular weight excluding hydrogens is 172 g/mol. The molecule has 0 radical (unpaired) electrons. The Morgan fingerprint density at radius 3 is 2.83 bits per heavy atom. The summed E-state index contributed by atoms with van der Waals surface area (Å²) >= 11 is 5.09. The molecule has 1 amide bonds. The maximum Gasteiger partial charge on any atom is 0.225 e. The van der Waals surface area contributed by atoms with Crippen molar-refractivity contribution in [2.24, 2.45) is 0 Å². The Morgan fingerprint density at radius 1 is 1.75 bits per heavy atom. The van der Waals surface area contributed by atoms with E-state index in [0.717, 1.165) is 13.1 Å². The molecule has 0 N–H and O–H groups in total. The van der Waals surface area contributed by atoms with Crippen molar-refractivity contribution in [3.05, 3.63) is 12.7 Å².